The van der Waals surface area contributed by atoms with Gasteiger partial charge in [0.05, 0.1) is 7.11 Å². The lowest BCUT2D eigenvalue weighted by Crippen LogP contribution is -2.45. The third-order valence-electron chi connectivity index (χ3n) is 4.68. The van der Waals surface area contributed by atoms with Gasteiger partial charge in [-0.2, -0.15) is 13.2 Å². The van der Waals surface area contributed by atoms with Gasteiger partial charge in [-0.1, -0.05) is 41.9 Å². The van der Waals surface area contributed by atoms with Crippen molar-refractivity contribution < 1.29 is 27.1 Å². The number of benzene rings is 2. The highest BCUT2D eigenvalue weighted by atomic mass is 79.9. The molecule has 2 aromatic carbocycles. The molecule has 1 aromatic heterocycles. The summed E-state index contributed by atoms with van der Waals surface area (Å²) < 4.78 is 52.9. The smallest absolute Gasteiger partial charge is 0.407 e. The van der Waals surface area contributed by atoms with Crippen LogP contribution < -0.4 is 5.32 Å². The second kappa shape index (κ2) is 8.36. The number of hydrogen-bond acceptors (Lipinski definition) is 4. The maximum absolute atomic E-state index is 13.9. The predicted molar refractivity (Wildman–Crippen MR) is 109 cm³/mol. The van der Waals surface area contributed by atoms with Gasteiger partial charge in [0.1, 0.15) is 23.2 Å². The summed E-state index contributed by atoms with van der Waals surface area (Å²) in [5.74, 6) is -0.709. The van der Waals surface area contributed by atoms with E-state index < -0.39 is 24.2 Å². The molecule has 2 atom stereocenters. The largest absolute Gasteiger partial charge is 0.468 e. The summed E-state index contributed by atoms with van der Waals surface area (Å²) in [5, 5.41) is 3.98. The maximum atomic E-state index is 13.9. The summed E-state index contributed by atoms with van der Waals surface area (Å²) >= 11 is 3.39. The van der Waals surface area contributed by atoms with Crippen molar-refractivity contribution in [2.24, 2.45) is 5.92 Å². The van der Waals surface area contributed by atoms with Gasteiger partial charge in [0.25, 0.3) is 0 Å². The number of halogens is 4. The summed E-state index contributed by atoms with van der Waals surface area (Å²) in [6.45, 7) is 3.66. The molecular formula is C21H21BrF3NO3. The van der Waals surface area contributed by atoms with Crippen LogP contribution in [0.15, 0.2) is 45.3 Å². The number of fused-ring (bicyclic) bond motifs is 3. The fraction of sp³-hybridized carbons (Fsp3) is 0.381. The number of furan rings is 1. The highest BCUT2D eigenvalue weighted by molar-refractivity contribution is 9.10. The van der Waals surface area contributed by atoms with Crippen molar-refractivity contribution >= 4 is 43.8 Å². The Hall–Kier alpha value is -2.06. The molecule has 3 rings (SSSR count). The van der Waals surface area contributed by atoms with E-state index >= 15 is 0 Å². The van der Waals surface area contributed by atoms with Crippen LogP contribution in [0.3, 0.4) is 0 Å². The summed E-state index contributed by atoms with van der Waals surface area (Å²) in [6.07, 6.45) is -4.38. The quantitative estimate of drug-likeness (QED) is 0.439. The van der Waals surface area contributed by atoms with Gasteiger partial charge in [0, 0.05) is 15.2 Å². The molecule has 0 fully saturated rings. The lowest BCUT2D eigenvalue weighted by atomic mass is 9.99. The van der Waals surface area contributed by atoms with Crippen LogP contribution in [0.1, 0.15) is 31.9 Å². The van der Waals surface area contributed by atoms with Gasteiger partial charge in [0.2, 0.25) is 0 Å². The molecular weight excluding hydrogens is 451 g/mol. The Balaban J connectivity index is 2.03. The van der Waals surface area contributed by atoms with Gasteiger partial charge >= 0.3 is 12.1 Å². The third kappa shape index (κ3) is 4.75. The molecule has 1 unspecified atom stereocenters. The number of methoxy groups -OCH3 is 1. The van der Waals surface area contributed by atoms with Crippen LogP contribution in [0.5, 0.6) is 0 Å². The molecule has 0 amide bonds. The van der Waals surface area contributed by atoms with Crippen molar-refractivity contribution in [1.29, 1.82) is 0 Å². The van der Waals surface area contributed by atoms with Crippen LogP contribution in [-0.2, 0) is 9.53 Å². The Morgan fingerprint density at radius 3 is 2.48 bits per heavy atom. The fourth-order valence-corrected chi connectivity index (χ4v) is 3.73. The fourth-order valence-electron chi connectivity index (χ4n) is 3.37. The summed E-state index contributed by atoms with van der Waals surface area (Å²) in [6, 6.07) is 6.71. The molecule has 0 spiro atoms. The van der Waals surface area contributed by atoms with Crippen LogP contribution in [0.4, 0.5) is 13.2 Å². The number of ether oxygens (including phenoxy) is 1. The average molecular weight is 472 g/mol. The highest BCUT2D eigenvalue weighted by Gasteiger charge is 2.43. The van der Waals surface area contributed by atoms with Crippen molar-refractivity contribution in [3.05, 3.63) is 46.4 Å². The SMILES string of the molecule is COC(=O)[C@H](CC(C)C)NC(c1ccc2c(c1)oc1ccc(Br)cc12)C(F)(F)F. The van der Waals surface area contributed by atoms with Crippen molar-refractivity contribution in [2.45, 2.75) is 38.5 Å². The van der Waals surface area contributed by atoms with E-state index in [0.717, 1.165) is 15.2 Å². The van der Waals surface area contributed by atoms with Crippen LogP contribution in [0.2, 0.25) is 0 Å². The second-order valence-electron chi connectivity index (χ2n) is 7.34. The number of carbonyl (C=O) groups is 1. The van der Waals surface area contributed by atoms with Crippen molar-refractivity contribution in [3.63, 3.8) is 0 Å². The molecule has 156 valence electrons. The molecule has 0 saturated heterocycles. The number of nitrogens with one attached hydrogen (secondary N) is 1. The molecule has 0 saturated carbocycles. The van der Waals surface area contributed by atoms with Crippen LogP contribution >= 0.6 is 15.9 Å². The Bertz CT molecular complexity index is 1030. The van der Waals surface area contributed by atoms with Crippen molar-refractivity contribution in [3.8, 4) is 0 Å². The van der Waals surface area contributed by atoms with Gasteiger partial charge in [0.15, 0.2) is 0 Å². The molecule has 0 bridgehead atoms. The Morgan fingerprint density at radius 2 is 1.86 bits per heavy atom. The zero-order valence-electron chi connectivity index (χ0n) is 16.1. The zero-order valence-corrected chi connectivity index (χ0v) is 17.7. The average Bonchev–Trinajstić information content (AvgIpc) is 3.00. The molecule has 3 aromatic rings. The summed E-state index contributed by atoms with van der Waals surface area (Å²) in [5.41, 5.74) is 0.912. The number of rotatable bonds is 6. The maximum Gasteiger partial charge on any atom is 0.407 e. The van der Waals surface area contributed by atoms with Crippen molar-refractivity contribution in [1.82, 2.24) is 5.32 Å². The van der Waals surface area contributed by atoms with Crippen LogP contribution in [0.25, 0.3) is 21.9 Å². The zero-order chi connectivity index (χ0) is 21.3. The lowest BCUT2D eigenvalue weighted by Gasteiger charge is -2.27. The number of alkyl halides is 3. The molecule has 0 radical (unpaired) electrons. The van der Waals surface area contributed by atoms with Gasteiger partial charge in [-0.05, 0) is 42.2 Å². The van der Waals surface area contributed by atoms with Gasteiger partial charge in [-0.15, -0.1) is 0 Å². The molecule has 8 heteroatoms. The van der Waals surface area contributed by atoms with Crippen LogP contribution in [-0.4, -0.2) is 25.3 Å². The van der Waals surface area contributed by atoms with E-state index in [0.29, 0.717) is 11.2 Å². The third-order valence-corrected chi connectivity index (χ3v) is 5.17. The highest BCUT2D eigenvalue weighted by Crippen LogP contribution is 2.37. The molecule has 0 aliphatic carbocycles. The normalized spacial score (nSPS) is 14.5. The van der Waals surface area contributed by atoms with Gasteiger partial charge in [-0.25, -0.2) is 0 Å². The molecule has 0 aliphatic rings. The Kier molecular flexibility index (Phi) is 6.24. The molecule has 4 nitrogen and oxygen atoms in total. The topological polar surface area (TPSA) is 51.5 Å². The Morgan fingerprint density at radius 1 is 1.14 bits per heavy atom. The van der Waals surface area contributed by atoms with Crippen molar-refractivity contribution in [2.75, 3.05) is 7.11 Å². The van der Waals surface area contributed by atoms with E-state index in [1.54, 1.807) is 18.2 Å². The first-order valence-electron chi connectivity index (χ1n) is 9.12. The molecule has 29 heavy (non-hydrogen) atoms. The van der Waals surface area contributed by atoms with Gasteiger partial charge < -0.3 is 9.15 Å². The van der Waals surface area contributed by atoms with E-state index in [1.807, 2.05) is 19.9 Å². The summed E-state index contributed by atoms with van der Waals surface area (Å²) in [4.78, 5) is 12.0. The molecule has 0 aliphatic heterocycles. The minimum Gasteiger partial charge on any atom is -0.468 e. The molecule has 1 N–H and O–H groups in total. The van der Waals surface area contributed by atoms with E-state index in [9.17, 15) is 18.0 Å². The first-order valence-corrected chi connectivity index (χ1v) is 9.91. The predicted octanol–water partition coefficient (Wildman–Crippen LogP) is 6.13. The van der Waals surface area contributed by atoms with Crippen LogP contribution in [0, 0.1) is 5.92 Å². The van der Waals surface area contributed by atoms with E-state index in [4.69, 9.17) is 9.15 Å². The number of hydrogen-bond donors (Lipinski definition) is 1. The Labute approximate surface area is 174 Å². The minimum atomic E-state index is -4.61. The number of carbonyl (C=O) groups excluding carboxylic acids is 1. The lowest BCUT2D eigenvalue weighted by molar-refractivity contribution is -0.164. The van der Waals surface area contributed by atoms with E-state index in [1.165, 1.54) is 19.2 Å². The van der Waals surface area contributed by atoms with Gasteiger partial charge in [-0.3, -0.25) is 10.1 Å². The first-order chi connectivity index (χ1) is 13.6. The summed E-state index contributed by atoms with van der Waals surface area (Å²) in [7, 11) is 1.17. The van der Waals surface area contributed by atoms with E-state index in [-0.39, 0.29) is 17.9 Å². The molecule has 1 heterocycles. The standard InChI is InChI=1S/C21H21BrF3NO3/c1-11(2)8-16(20(27)28-3)26-19(21(23,24)25)12-4-6-14-15-10-13(22)5-7-17(15)29-18(14)9-12/h4-7,9-11,16,19,26H,8H2,1-3H3/t16-,19?/m0/s1. The second-order valence-corrected chi connectivity index (χ2v) is 8.26. The first kappa shape index (κ1) is 21.6. The minimum absolute atomic E-state index is 0.0109. The monoisotopic (exact) mass is 471 g/mol. The number of esters is 1. The van der Waals surface area contributed by atoms with E-state index in [2.05, 4.69) is 21.2 Å².